The van der Waals surface area contributed by atoms with E-state index in [-0.39, 0.29) is 11.8 Å². The van der Waals surface area contributed by atoms with Crippen LogP contribution in [0.1, 0.15) is 34.3 Å². The summed E-state index contributed by atoms with van der Waals surface area (Å²) in [5.74, 6) is -1.11. The number of carbonyl (C=O) groups excluding carboxylic acids is 1. The minimum atomic E-state index is -0.764. The Kier molecular flexibility index (Phi) is 4.05. The molecule has 0 unspecified atom stereocenters. The van der Waals surface area contributed by atoms with Crippen molar-refractivity contribution in [1.82, 2.24) is 15.1 Å². The standard InChI is InChI=1S/C21H19N3O3S/c25-20(24-7-4-12(5-8-24)21(26)27)15-3-1-2-14-16(15)10-17-18(22-23-19(14)17)13-6-9-28-11-13/h1-3,6,9,11-12H,4-5,7-8,10H2,(H,22,23)(H,26,27). The molecule has 2 aliphatic rings. The average molecular weight is 393 g/mol. The number of nitrogens with zero attached hydrogens (tertiary/aromatic N) is 2. The van der Waals surface area contributed by atoms with Gasteiger partial charge in [-0.25, -0.2) is 0 Å². The number of aromatic nitrogens is 2. The molecule has 2 aromatic heterocycles. The Morgan fingerprint density at radius 3 is 2.71 bits per heavy atom. The lowest BCUT2D eigenvalue weighted by Crippen LogP contribution is -2.40. The summed E-state index contributed by atoms with van der Waals surface area (Å²) in [6.07, 6.45) is 1.71. The molecule has 0 saturated carbocycles. The number of amides is 1. The molecule has 1 aliphatic carbocycles. The number of fused-ring (bicyclic) bond motifs is 3. The number of nitrogens with one attached hydrogen (secondary N) is 1. The molecule has 7 heteroatoms. The molecule has 1 saturated heterocycles. The van der Waals surface area contributed by atoms with Gasteiger partial charge in [-0.2, -0.15) is 16.4 Å². The summed E-state index contributed by atoms with van der Waals surface area (Å²) in [6, 6.07) is 7.89. The van der Waals surface area contributed by atoms with Gasteiger partial charge in [-0.05, 0) is 35.9 Å². The van der Waals surface area contributed by atoms with Crippen molar-refractivity contribution in [1.29, 1.82) is 0 Å². The average Bonchev–Trinajstić information content (AvgIpc) is 3.43. The first-order chi connectivity index (χ1) is 13.6. The predicted molar refractivity (Wildman–Crippen MR) is 106 cm³/mol. The maximum atomic E-state index is 13.2. The molecule has 0 radical (unpaired) electrons. The zero-order valence-electron chi connectivity index (χ0n) is 15.1. The van der Waals surface area contributed by atoms with Crippen LogP contribution in [0.4, 0.5) is 0 Å². The minimum absolute atomic E-state index is 0.00381. The van der Waals surface area contributed by atoms with Crippen LogP contribution in [0.25, 0.3) is 22.5 Å². The Morgan fingerprint density at radius 1 is 1.18 bits per heavy atom. The summed E-state index contributed by atoms with van der Waals surface area (Å²) in [5, 5.41) is 21.0. The third kappa shape index (κ3) is 2.65. The molecule has 6 nitrogen and oxygen atoms in total. The third-order valence-electron chi connectivity index (χ3n) is 5.82. The van der Waals surface area contributed by atoms with E-state index in [2.05, 4.69) is 21.6 Å². The van der Waals surface area contributed by atoms with Crippen LogP contribution >= 0.6 is 11.3 Å². The smallest absolute Gasteiger partial charge is 0.306 e. The number of H-pyrrole nitrogens is 1. The number of thiophene rings is 1. The number of aromatic amines is 1. The molecular weight excluding hydrogens is 374 g/mol. The molecule has 0 bridgehead atoms. The molecule has 2 N–H and O–H groups in total. The number of hydrogen-bond acceptors (Lipinski definition) is 4. The quantitative estimate of drug-likeness (QED) is 0.556. The first-order valence-electron chi connectivity index (χ1n) is 9.37. The zero-order chi connectivity index (χ0) is 19.3. The lowest BCUT2D eigenvalue weighted by atomic mass is 9.95. The third-order valence-corrected chi connectivity index (χ3v) is 6.51. The van der Waals surface area contributed by atoms with E-state index < -0.39 is 5.97 Å². The van der Waals surface area contributed by atoms with E-state index in [0.717, 1.165) is 33.6 Å². The number of likely N-dealkylation sites (tertiary alicyclic amines) is 1. The largest absolute Gasteiger partial charge is 0.481 e. The van der Waals surface area contributed by atoms with Gasteiger partial charge in [0.2, 0.25) is 0 Å². The van der Waals surface area contributed by atoms with Gasteiger partial charge in [-0.1, -0.05) is 12.1 Å². The van der Waals surface area contributed by atoms with Gasteiger partial charge in [0.1, 0.15) is 0 Å². The number of hydrogen-bond donors (Lipinski definition) is 2. The van der Waals surface area contributed by atoms with Gasteiger partial charge in [-0.15, -0.1) is 0 Å². The molecule has 142 valence electrons. The molecule has 1 aliphatic heterocycles. The highest BCUT2D eigenvalue weighted by molar-refractivity contribution is 7.08. The van der Waals surface area contributed by atoms with E-state index in [1.807, 2.05) is 23.6 Å². The van der Waals surface area contributed by atoms with Gasteiger partial charge in [-0.3, -0.25) is 14.7 Å². The van der Waals surface area contributed by atoms with E-state index in [1.54, 1.807) is 16.2 Å². The maximum Gasteiger partial charge on any atom is 0.306 e. The van der Waals surface area contributed by atoms with Gasteiger partial charge in [0.25, 0.3) is 5.91 Å². The van der Waals surface area contributed by atoms with Gasteiger partial charge in [0.05, 0.1) is 17.3 Å². The Bertz CT molecular complexity index is 1060. The van der Waals surface area contributed by atoms with Crippen molar-refractivity contribution in [2.45, 2.75) is 19.3 Å². The summed E-state index contributed by atoms with van der Waals surface area (Å²) in [6.45, 7) is 0.985. The van der Waals surface area contributed by atoms with Crippen LogP contribution in [-0.4, -0.2) is 45.2 Å². The van der Waals surface area contributed by atoms with Gasteiger partial charge < -0.3 is 10.0 Å². The predicted octanol–water partition coefficient (Wildman–Crippen LogP) is 3.65. The molecule has 28 heavy (non-hydrogen) atoms. The molecule has 0 atom stereocenters. The minimum Gasteiger partial charge on any atom is -0.481 e. The van der Waals surface area contributed by atoms with Crippen LogP contribution in [0.3, 0.4) is 0 Å². The lowest BCUT2D eigenvalue weighted by molar-refractivity contribution is -0.143. The number of carboxylic acids is 1. The lowest BCUT2D eigenvalue weighted by Gasteiger charge is -2.30. The van der Waals surface area contributed by atoms with Gasteiger partial charge in [0, 0.05) is 47.1 Å². The Hall–Kier alpha value is -2.93. The molecule has 1 fully saturated rings. The van der Waals surface area contributed by atoms with E-state index >= 15 is 0 Å². The summed E-state index contributed by atoms with van der Waals surface area (Å²) in [5.41, 5.74) is 6.97. The van der Waals surface area contributed by atoms with Gasteiger partial charge in [0.15, 0.2) is 0 Å². The van der Waals surface area contributed by atoms with E-state index in [0.29, 0.717) is 37.9 Å². The normalized spacial score (nSPS) is 16.1. The Labute approximate surface area is 165 Å². The monoisotopic (exact) mass is 393 g/mol. The number of aliphatic carboxylic acids is 1. The first-order valence-corrected chi connectivity index (χ1v) is 10.3. The van der Waals surface area contributed by atoms with Crippen molar-refractivity contribution in [3.63, 3.8) is 0 Å². The second-order valence-electron chi connectivity index (χ2n) is 7.35. The molecule has 3 heterocycles. The van der Waals surface area contributed by atoms with Crippen LogP contribution < -0.4 is 0 Å². The highest BCUT2D eigenvalue weighted by Gasteiger charge is 2.32. The summed E-state index contributed by atoms with van der Waals surface area (Å²) in [7, 11) is 0. The van der Waals surface area contributed by atoms with Crippen LogP contribution in [0.15, 0.2) is 35.0 Å². The molecule has 3 aromatic rings. The number of carbonyl (C=O) groups is 2. The molecule has 1 amide bonds. The number of carboxylic acid groups (broad SMARTS) is 1. The fourth-order valence-electron chi connectivity index (χ4n) is 4.29. The van der Waals surface area contributed by atoms with Crippen molar-refractivity contribution in [2.24, 2.45) is 5.92 Å². The SMILES string of the molecule is O=C(O)C1CCN(C(=O)c2cccc3c2Cc2c(-c4ccsc4)n[nH]c2-3)CC1. The summed E-state index contributed by atoms with van der Waals surface area (Å²) >= 11 is 1.64. The number of benzene rings is 1. The first kappa shape index (κ1) is 17.2. The van der Waals surface area contributed by atoms with Gasteiger partial charge >= 0.3 is 5.97 Å². The Balaban J connectivity index is 1.44. The van der Waals surface area contributed by atoms with E-state index in [9.17, 15) is 14.7 Å². The summed E-state index contributed by atoms with van der Waals surface area (Å²) < 4.78 is 0. The second kappa shape index (κ2) is 6.60. The van der Waals surface area contributed by atoms with Crippen molar-refractivity contribution in [2.75, 3.05) is 13.1 Å². The van der Waals surface area contributed by atoms with Crippen molar-refractivity contribution < 1.29 is 14.7 Å². The fourth-order valence-corrected chi connectivity index (χ4v) is 4.93. The van der Waals surface area contributed by atoms with Crippen LogP contribution in [0, 0.1) is 5.92 Å². The van der Waals surface area contributed by atoms with Crippen LogP contribution in [0.2, 0.25) is 0 Å². The second-order valence-corrected chi connectivity index (χ2v) is 8.13. The zero-order valence-corrected chi connectivity index (χ0v) is 16.0. The van der Waals surface area contributed by atoms with E-state index in [1.165, 1.54) is 0 Å². The maximum absolute atomic E-state index is 13.2. The van der Waals surface area contributed by atoms with Crippen molar-refractivity contribution in [3.8, 4) is 22.5 Å². The summed E-state index contributed by atoms with van der Waals surface area (Å²) in [4.78, 5) is 26.1. The fraction of sp³-hybridized carbons (Fsp3) is 0.286. The van der Waals surface area contributed by atoms with Crippen LogP contribution in [0.5, 0.6) is 0 Å². The molecular formula is C21H19N3O3S. The highest BCUT2D eigenvalue weighted by Crippen LogP contribution is 2.42. The molecule has 5 rings (SSSR count). The van der Waals surface area contributed by atoms with Crippen molar-refractivity contribution >= 4 is 23.2 Å². The highest BCUT2D eigenvalue weighted by atomic mass is 32.1. The Morgan fingerprint density at radius 2 is 2.00 bits per heavy atom. The topological polar surface area (TPSA) is 86.3 Å². The number of rotatable bonds is 3. The van der Waals surface area contributed by atoms with Crippen molar-refractivity contribution in [3.05, 3.63) is 51.7 Å². The van der Waals surface area contributed by atoms with Crippen LogP contribution in [-0.2, 0) is 11.2 Å². The number of piperidine rings is 1. The van der Waals surface area contributed by atoms with E-state index in [4.69, 9.17) is 0 Å². The molecule has 0 spiro atoms. The molecule has 1 aromatic carbocycles.